The summed E-state index contributed by atoms with van der Waals surface area (Å²) < 4.78 is 27.0. The minimum atomic E-state index is -3.12. The van der Waals surface area contributed by atoms with Gasteiger partial charge in [-0.3, -0.25) is 0 Å². The molecule has 0 radical (unpaired) electrons. The zero-order chi connectivity index (χ0) is 14.7. The first-order chi connectivity index (χ1) is 10.1. The van der Waals surface area contributed by atoms with Crippen molar-refractivity contribution < 1.29 is 8.42 Å². The molecule has 116 valence electrons. The van der Waals surface area contributed by atoms with Gasteiger partial charge in [-0.1, -0.05) is 24.3 Å². The van der Waals surface area contributed by atoms with E-state index in [2.05, 4.69) is 17.4 Å². The fraction of sp³-hybridized carbons (Fsp3) is 0.625. The van der Waals surface area contributed by atoms with Crippen molar-refractivity contribution in [2.24, 2.45) is 5.92 Å². The number of nitrogens with one attached hydrogen (secondary N) is 1. The Bertz CT molecular complexity index is 553. The van der Waals surface area contributed by atoms with Crippen molar-refractivity contribution in [2.45, 2.75) is 25.7 Å². The summed E-state index contributed by atoms with van der Waals surface area (Å²) in [7, 11) is -3.12. The summed E-state index contributed by atoms with van der Waals surface area (Å²) in [5.74, 6) is 0.646. The molecule has 0 spiro atoms. The molecule has 1 fully saturated rings. The number of fused-ring (bicyclic) bond motifs is 1. The molecule has 21 heavy (non-hydrogen) atoms. The average Bonchev–Trinajstić information content (AvgIpc) is 2.71. The third-order valence-electron chi connectivity index (χ3n) is 4.68. The highest BCUT2D eigenvalue weighted by molar-refractivity contribution is 7.89. The number of hydrogen-bond acceptors (Lipinski definition) is 3. The number of piperidine rings is 1. The van der Waals surface area contributed by atoms with Gasteiger partial charge in [-0.05, 0) is 55.8 Å². The molecule has 1 saturated heterocycles. The van der Waals surface area contributed by atoms with E-state index in [4.69, 9.17) is 0 Å². The number of hydrogen-bond donors (Lipinski definition) is 1. The highest BCUT2D eigenvalue weighted by Crippen LogP contribution is 2.21. The van der Waals surface area contributed by atoms with Gasteiger partial charge in [0.05, 0.1) is 5.75 Å². The smallest absolute Gasteiger partial charge is 0.214 e. The summed E-state index contributed by atoms with van der Waals surface area (Å²) in [4.78, 5) is 0. The highest BCUT2D eigenvalue weighted by Gasteiger charge is 2.28. The second-order valence-electron chi connectivity index (χ2n) is 6.14. The van der Waals surface area contributed by atoms with Gasteiger partial charge in [0.25, 0.3) is 0 Å². The fourth-order valence-electron chi connectivity index (χ4n) is 3.38. The molecule has 1 N–H and O–H groups in total. The average molecular weight is 308 g/mol. The van der Waals surface area contributed by atoms with E-state index >= 15 is 0 Å². The molecule has 2 aliphatic heterocycles. The topological polar surface area (TPSA) is 49.4 Å². The van der Waals surface area contributed by atoms with Gasteiger partial charge in [0.15, 0.2) is 0 Å². The van der Waals surface area contributed by atoms with E-state index in [-0.39, 0.29) is 0 Å². The first-order valence-corrected chi connectivity index (χ1v) is 9.51. The van der Waals surface area contributed by atoms with Gasteiger partial charge >= 0.3 is 0 Å². The van der Waals surface area contributed by atoms with Crippen molar-refractivity contribution in [3.63, 3.8) is 0 Å². The normalized spacial score (nSPS) is 21.7. The minimum Gasteiger partial charge on any atom is -0.317 e. The van der Waals surface area contributed by atoms with Crippen LogP contribution in [0.2, 0.25) is 0 Å². The van der Waals surface area contributed by atoms with Crippen LogP contribution >= 0.6 is 0 Å². The van der Waals surface area contributed by atoms with Crippen molar-refractivity contribution in [1.82, 2.24) is 9.62 Å². The molecule has 0 amide bonds. The first kappa shape index (κ1) is 15.0. The lowest BCUT2D eigenvalue weighted by Gasteiger charge is -2.26. The molecular weight excluding hydrogens is 284 g/mol. The molecule has 2 heterocycles. The monoisotopic (exact) mass is 308 g/mol. The molecule has 0 unspecified atom stereocenters. The van der Waals surface area contributed by atoms with Gasteiger partial charge in [0, 0.05) is 13.1 Å². The maximum Gasteiger partial charge on any atom is 0.214 e. The molecule has 2 aliphatic rings. The van der Waals surface area contributed by atoms with Crippen LogP contribution < -0.4 is 5.32 Å². The Balaban J connectivity index is 1.66. The Morgan fingerprint density at radius 1 is 1.05 bits per heavy atom. The van der Waals surface area contributed by atoms with Gasteiger partial charge < -0.3 is 5.32 Å². The molecule has 1 aromatic rings. The van der Waals surface area contributed by atoms with E-state index in [0.717, 1.165) is 38.8 Å². The quantitative estimate of drug-likeness (QED) is 0.919. The van der Waals surface area contributed by atoms with Crippen LogP contribution in [-0.2, 0) is 22.9 Å². The number of benzene rings is 1. The summed E-state index contributed by atoms with van der Waals surface area (Å²) in [5.41, 5.74) is 2.61. The molecule has 4 nitrogen and oxygen atoms in total. The maximum absolute atomic E-state index is 12.7. The third kappa shape index (κ3) is 3.65. The minimum absolute atomic E-state index is 0.321. The summed E-state index contributed by atoms with van der Waals surface area (Å²) in [6, 6.07) is 8.33. The van der Waals surface area contributed by atoms with Gasteiger partial charge in [-0.2, -0.15) is 0 Å². The largest absolute Gasteiger partial charge is 0.317 e. The molecule has 0 aromatic heterocycles. The van der Waals surface area contributed by atoms with Crippen molar-refractivity contribution in [3.05, 3.63) is 35.4 Å². The zero-order valence-electron chi connectivity index (χ0n) is 12.4. The van der Waals surface area contributed by atoms with E-state index in [1.165, 1.54) is 11.1 Å². The first-order valence-electron chi connectivity index (χ1n) is 7.90. The van der Waals surface area contributed by atoms with Crippen LogP contribution in [0.25, 0.3) is 0 Å². The van der Waals surface area contributed by atoms with Crippen LogP contribution in [0.5, 0.6) is 0 Å². The molecule has 0 aliphatic carbocycles. The van der Waals surface area contributed by atoms with E-state index in [0.29, 0.717) is 24.8 Å². The lowest BCUT2D eigenvalue weighted by Crippen LogP contribution is -2.39. The second kappa shape index (κ2) is 6.46. The molecule has 1 aromatic carbocycles. The van der Waals surface area contributed by atoms with Gasteiger partial charge in [0.1, 0.15) is 0 Å². The van der Waals surface area contributed by atoms with Crippen LogP contribution in [0.4, 0.5) is 0 Å². The van der Waals surface area contributed by atoms with E-state index in [1.807, 2.05) is 12.1 Å². The van der Waals surface area contributed by atoms with Crippen LogP contribution in [0.15, 0.2) is 24.3 Å². The third-order valence-corrected chi connectivity index (χ3v) is 6.72. The van der Waals surface area contributed by atoms with Crippen molar-refractivity contribution in [3.8, 4) is 0 Å². The van der Waals surface area contributed by atoms with E-state index < -0.39 is 10.0 Å². The van der Waals surface area contributed by atoms with Gasteiger partial charge in [0.2, 0.25) is 10.0 Å². The molecular formula is C16H24N2O2S. The van der Waals surface area contributed by atoms with Crippen LogP contribution in [-0.4, -0.2) is 44.7 Å². The lowest BCUT2D eigenvalue weighted by atomic mass is 10.0. The van der Waals surface area contributed by atoms with Crippen LogP contribution in [0.1, 0.15) is 24.0 Å². The zero-order valence-corrected chi connectivity index (χ0v) is 13.2. The summed E-state index contributed by atoms with van der Waals surface area (Å²) in [6.45, 7) is 3.16. The number of sulfonamides is 1. The molecule has 0 bridgehead atoms. The van der Waals surface area contributed by atoms with Crippen molar-refractivity contribution in [1.29, 1.82) is 0 Å². The Kier molecular flexibility index (Phi) is 4.62. The highest BCUT2D eigenvalue weighted by atomic mass is 32.2. The predicted octanol–water partition coefficient (Wildman–Crippen LogP) is 1.42. The predicted molar refractivity (Wildman–Crippen MR) is 84.8 cm³/mol. The van der Waals surface area contributed by atoms with Crippen molar-refractivity contribution in [2.75, 3.05) is 31.9 Å². The van der Waals surface area contributed by atoms with Crippen LogP contribution in [0.3, 0.4) is 0 Å². The molecule has 0 saturated carbocycles. The standard InChI is InChI=1S/C16H24N2O2S/c19-21(20,13-14-5-9-17-10-6-14)18-11-7-15-3-1-2-4-16(15)8-12-18/h1-4,14,17H,5-13H2. The Hall–Kier alpha value is -0.910. The number of rotatable bonds is 3. The van der Waals surface area contributed by atoms with Gasteiger partial charge in [-0.25, -0.2) is 12.7 Å². The van der Waals surface area contributed by atoms with Gasteiger partial charge in [-0.15, -0.1) is 0 Å². The summed E-state index contributed by atoms with van der Waals surface area (Å²) in [6.07, 6.45) is 3.63. The number of nitrogens with zero attached hydrogens (tertiary/aromatic N) is 1. The summed E-state index contributed by atoms with van der Waals surface area (Å²) >= 11 is 0. The summed E-state index contributed by atoms with van der Waals surface area (Å²) in [5, 5.41) is 3.29. The second-order valence-corrected chi connectivity index (χ2v) is 8.15. The lowest BCUT2D eigenvalue weighted by molar-refractivity contribution is 0.380. The maximum atomic E-state index is 12.7. The van der Waals surface area contributed by atoms with E-state index in [9.17, 15) is 8.42 Å². The molecule has 0 atom stereocenters. The Morgan fingerprint density at radius 2 is 1.62 bits per heavy atom. The molecule has 5 heteroatoms. The van der Waals surface area contributed by atoms with Crippen molar-refractivity contribution >= 4 is 10.0 Å². The van der Waals surface area contributed by atoms with E-state index in [1.54, 1.807) is 4.31 Å². The van der Waals surface area contributed by atoms with Crippen LogP contribution in [0, 0.1) is 5.92 Å². The Labute approximate surface area is 127 Å². The fourth-order valence-corrected chi connectivity index (χ4v) is 5.26. The Morgan fingerprint density at radius 3 is 2.19 bits per heavy atom. The SMILES string of the molecule is O=S(=O)(CC1CCNCC1)N1CCc2ccccc2CC1. The molecule has 3 rings (SSSR count).